The molecule has 2 amide bonds. The molecule has 0 aliphatic carbocycles. The average molecular weight is 410 g/mol. The number of nitrogens with one attached hydrogen (secondary N) is 2. The highest BCUT2D eigenvalue weighted by molar-refractivity contribution is 5.95. The molecule has 3 N–H and O–H groups in total. The highest BCUT2D eigenvalue weighted by Gasteiger charge is 2.31. The smallest absolute Gasteiger partial charge is 0.406 e. The Morgan fingerprint density at radius 1 is 1.07 bits per heavy atom. The Labute approximate surface area is 165 Å². The van der Waals surface area contributed by atoms with Crippen molar-refractivity contribution in [3.05, 3.63) is 65.2 Å². The van der Waals surface area contributed by atoms with Crippen molar-refractivity contribution in [1.82, 2.24) is 10.6 Å². The Hall–Kier alpha value is -3.07. The molecule has 2 aromatic carbocycles. The number of ether oxygens (including phenoxy) is 1. The van der Waals surface area contributed by atoms with Crippen LogP contribution >= 0.6 is 0 Å². The number of halogens is 3. The van der Waals surface area contributed by atoms with Gasteiger partial charge in [-0.1, -0.05) is 30.3 Å². The standard InChI is InChI=1S/C20H21F3N2O4/c1-13-4-2-3-5-16(13)19(28)24-11-10-18(27)25-12-17(26)14-6-8-15(9-7-14)29-20(21,22)23/h2-9,17,26H,10-12H2,1H3,(H,24,28)(H,25,27). The van der Waals surface area contributed by atoms with Crippen molar-refractivity contribution in [1.29, 1.82) is 0 Å². The van der Waals surface area contributed by atoms with Gasteiger partial charge in [-0.2, -0.15) is 0 Å². The highest BCUT2D eigenvalue weighted by atomic mass is 19.4. The molecule has 0 aliphatic rings. The van der Waals surface area contributed by atoms with Crippen molar-refractivity contribution in [3.8, 4) is 5.75 Å². The molecule has 9 heteroatoms. The van der Waals surface area contributed by atoms with Crippen molar-refractivity contribution >= 4 is 11.8 Å². The van der Waals surface area contributed by atoms with E-state index in [0.29, 0.717) is 11.1 Å². The molecule has 2 rings (SSSR count). The fourth-order valence-electron chi connectivity index (χ4n) is 2.52. The molecule has 0 heterocycles. The number of alkyl halides is 3. The number of amides is 2. The van der Waals surface area contributed by atoms with Gasteiger partial charge in [0.25, 0.3) is 5.91 Å². The molecule has 0 saturated carbocycles. The van der Waals surface area contributed by atoms with E-state index < -0.39 is 18.2 Å². The SMILES string of the molecule is Cc1ccccc1C(=O)NCCC(=O)NCC(O)c1ccc(OC(F)(F)F)cc1. The maximum Gasteiger partial charge on any atom is 0.573 e. The first-order valence-electron chi connectivity index (χ1n) is 8.80. The van der Waals surface area contributed by atoms with Crippen molar-refractivity contribution in [2.75, 3.05) is 13.1 Å². The fraction of sp³-hybridized carbons (Fsp3) is 0.300. The second-order valence-electron chi connectivity index (χ2n) is 6.26. The summed E-state index contributed by atoms with van der Waals surface area (Å²) in [5, 5.41) is 15.2. The molecule has 2 aromatic rings. The topological polar surface area (TPSA) is 87.7 Å². The van der Waals surface area contributed by atoms with E-state index in [9.17, 15) is 27.9 Å². The van der Waals surface area contributed by atoms with Crippen LogP contribution in [-0.2, 0) is 4.79 Å². The van der Waals surface area contributed by atoms with Crippen LogP contribution in [0.5, 0.6) is 5.75 Å². The fourth-order valence-corrected chi connectivity index (χ4v) is 2.52. The summed E-state index contributed by atoms with van der Waals surface area (Å²) in [7, 11) is 0. The molecule has 6 nitrogen and oxygen atoms in total. The minimum Gasteiger partial charge on any atom is -0.406 e. The van der Waals surface area contributed by atoms with E-state index in [0.717, 1.165) is 17.7 Å². The molecule has 0 spiro atoms. The Kier molecular flexibility index (Phi) is 7.60. The molecular weight excluding hydrogens is 389 g/mol. The molecule has 29 heavy (non-hydrogen) atoms. The Morgan fingerprint density at radius 2 is 1.72 bits per heavy atom. The van der Waals surface area contributed by atoms with E-state index in [1.807, 2.05) is 19.1 Å². The van der Waals surface area contributed by atoms with Gasteiger partial charge in [-0.25, -0.2) is 0 Å². The number of aliphatic hydroxyl groups excluding tert-OH is 1. The van der Waals surface area contributed by atoms with Crippen LogP contribution in [0.25, 0.3) is 0 Å². The lowest BCUT2D eigenvalue weighted by molar-refractivity contribution is -0.274. The molecule has 156 valence electrons. The predicted octanol–water partition coefficient (Wildman–Crippen LogP) is 2.86. The second kappa shape index (κ2) is 9.92. The minimum absolute atomic E-state index is 0.0166. The Morgan fingerprint density at radius 3 is 2.34 bits per heavy atom. The summed E-state index contributed by atoms with van der Waals surface area (Å²) in [5.41, 5.74) is 1.68. The molecule has 0 aliphatic heterocycles. The lowest BCUT2D eigenvalue weighted by Gasteiger charge is -2.14. The summed E-state index contributed by atoms with van der Waals surface area (Å²) in [6, 6.07) is 11.8. The van der Waals surface area contributed by atoms with Crippen LogP contribution in [0.15, 0.2) is 48.5 Å². The van der Waals surface area contributed by atoms with E-state index in [2.05, 4.69) is 15.4 Å². The van der Waals surface area contributed by atoms with Gasteiger partial charge in [0.1, 0.15) is 5.75 Å². The third-order valence-corrected chi connectivity index (χ3v) is 4.02. The number of aliphatic hydroxyl groups is 1. The van der Waals surface area contributed by atoms with Crippen LogP contribution in [0, 0.1) is 6.92 Å². The maximum atomic E-state index is 12.1. The first-order chi connectivity index (χ1) is 13.7. The van der Waals surface area contributed by atoms with E-state index in [1.165, 1.54) is 12.1 Å². The summed E-state index contributed by atoms with van der Waals surface area (Å²) in [6.45, 7) is 1.81. The van der Waals surface area contributed by atoms with Gasteiger partial charge in [0.15, 0.2) is 0 Å². The number of hydrogen-bond donors (Lipinski definition) is 3. The number of benzene rings is 2. The highest BCUT2D eigenvalue weighted by Crippen LogP contribution is 2.24. The molecule has 0 radical (unpaired) electrons. The summed E-state index contributed by atoms with van der Waals surface area (Å²) >= 11 is 0. The number of hydrogen-bond acceptors (Lipinski definition) is 4. The molecule has 1 unspecified atom stereocenters. The molecule has 0 aromatic heterocycles. The molecule has 1 atom stereocenters. The van der Waals surface area contributed by atoms with Crippen molar-refractivity contribution in [3.63, 3.8) is 0 Å². The van der Waals surface area contributed by atoms with Crippen LogP contribution in [0.2, 0.25) is 0 Å². The zero-order chi connectivity index (χ0) is 21.4. The monoisotopic (exact) mass is 410 g/mol. The van der Waals surface area contributed by atoms with Crippen molar-refractivity contribution in [2.45, 2.75) is 25.8 Å². The lowest BCUT2D eigenvalue weighted by Crippen LogP contribution is -2.33. The van der Waals surface area contributed by atoms with Gasteiger partial charge in [0, 0.05) is 25.1 Å². The quantitative estimate of drug-likeness (QED) is 0.625. The summed E-state index contributed by atoms with van der Waals surface area (Å²) in [5.74, 6) is -1.06. The van der Waals surface area contributed by atoms with Crippen molar-refractivity contribution in [2.24, 2.45) is 0 Å². The van der Waals surface area contributed by atoms with E-state index in [-0.39, 0.29) is 31.3 Å². The van der Waals surface area contributed by atoms with Gasteiger partial charge >= 0.3 is 6.36 Å². The zero-order valence-corrected chi connectivity index (χ0v) is 15.6. The van der Waals surface area contributed by atoms with Crippen LogP contribution in [0.4, 0.5) is 13.2 Å². The van der Waals surface area contributed by atoms with Crippen LogP contribution in [0.3, 0.4) is 0 Å². The average Bonchev–Trinajstić information content (AvgIpc) is 2.65. The zero-order valence-electron chi connectivity index (χ0n) is 15.6. The number of rotatable bonds is 8. The summed E-state index contributed by atoms with van der Waals surface area (Å²) < 4.78 is 40.1. The van der Waals surface area contributed by atoms with Gasteiger partial charge in [-0.3, -0.25) is 9.59 Å². The summed E-state index contributed by atoms with van der Waals surface area (Å²) in [4.78, 5) is 23.9. The lowest BCUT2D eigenvalue weighted by atomic mass is 10.1. The van der Waals surface area contributed by atoms with E-state index >= 15 is 0 Å². The van der Waals surface area contributed by atoms with Crippen LogP contribution in [-0.4, -0.2) is 36.4 Å². The normalized spacial score (nSPS) is 12.2. The molecule has 0 saturated heterocycles. The van der Waals surface area contributed by atoms with Gasteiger partial charge in [-0.05, 0) is 36.2 Å². The van der Waals surface area contributed by atoms with Gasteiger partial charge in [0.05, 0.1) is 6.10 Å². The Balaban J connectivity index is 1.73. The third kappa shape index (κ3) is 7.46. The second-order valence-corrected chi connectivity index (χ2v) is 6.26. The number of carbonyl (C=O) groups excluding carboxylic acids is 2. The number of aryl methyl sites for hydroxylation is 1. The van der Waals surface area contributed by atoms with Gasteiger partial charge in [0.2, 0.25) is 5.91 Å². The minimum atomic E-state index is -4.79. The molecule has 0 bridgehead atoms. The van der Waals surface area contributed by atoms with Crippen LogP contribution in [0.1, 0.15) is 34.0 Å². The first kappa shape index (κ1) is 22.2. The van der Waals surface area contributed by atoms with E-state index in [4.69, 9.17) is 0 Å². The number of carbonyl (C=O) groups is 2. The Bertz CT molecular complexity index is 838. The van der Waals surface area contributed by atoms with Crippen molar-refractivity contribution < 1.29 is 32.6 Å². The molecule has 0 fully saturated rings. The van der Waals surface area contributed by atoms with E-state index in [1.54, 1.807) is 12.1 Å². The van der Waals surface area contributed by atoms with Crippen LogP contribution < -0.4 is 15.4 Å². The third-order valence-electron chi connectivity index (χ3n) is 4.02. The largest absolute Gasteiger partial charge is 0.573 e. The predicted molar refractivity (Wildman–Crippen MR) is 99.2 cm³/mol. The van der Waals surface area contributed by atoms with Gasteiger partial charge < -0.3 is 20.5 Å². The molecular formula is C20H21F3N2O4. The first-order valence-corrected chi connectivity index (χ1v) is 8.80. The summed E-state index contributed by atoms with van der Waals surface area (Å²) in [6.07, 6.45) is -5.87. The maximum absolute atomic E-state index is 12.1. The van der Waals surface area contributed by atoms with Gasteiger partial charge in [-0.15, -0.1) is 13.2 Å².